The Hall–Kier alpha value is -4.54. The zero-order valence-corrected chi connectivity index (χ0v) is 19.6. The molecule has 8 nitrogen and oxygen atoms in total. The zero-order chi connectivity index (χ0) is 26.2. The number of nitrogens with one attached hydrogen (secondary N) is 1. The third-order valence-corrected chi connectivity index (χ3v) is 6.14. The maximum absolute atomic E-state index is 13.8. The van der Waals surface area contributed by atoms with Crippen LogP contribution in [-0.2, 0) is 11.0 Å². The number of carbonyl (C=O) groups is 2. The van der Waals surface area contributed by atoms with Crippen molar-refractivity contribution in [3.05, 3.63) is 102 Å². The lowest BCUT2D eigenvalue weighted by Gasteiger charge is -2.38. The number of benzene rings is 2. The molecule has 0 unspecified atom stereocenters. The second kappa shape index (κ2) is 9.49. The van der Waals surface area contributed by atoms with E-state index < -0.39 is 41.5 Å². The number of rotatable bonds is 5. The highest BCUT2D eigenvalue weighted by Gasteiger charge is 2.44. The van der Waals surface area contributed by atoms with Gasteiger partial charge in [-0.3, -0.25) is 14.5 Å². The number of fused-ring (bicyclic) bond motifs is 1. The standard InChI is InChI=1S/C26H21F3N6O2/c1-2-34-24-18(15-31-35(24)17-11-7-4-8-12-17)20(16-9-5-3-6-10-16)21(25(34)37)33-23(36)22-30-14-13-19(32-22)26(27,28)29/h3-15,20-21H,2H2,1H3,(H,33,36)/t20-,21-/m1/s1. The number of para-hydroxylation sites is 1. The zero-order valence-electron chi connectivity index (χ0n) is 19.6. The number of nitrogens with zero attached hydrogens (tertiary/aromatic N) is 5. The molecular formula is C26H21F3N6O2. The highest BCUT2D eigenvalue weighted by Crippen LogP contribution is 2.41. The van der Waals surface area contributed by atoms with Gasteiger partial charge in [0, 0.05) is 24.2 Å². The number of anilines is 1. The molecular weight excluding hydrogens is 485 g/mol. The van der Waals surface area contributed by atoms with Crippen molar-refractivity contribution < 1.29 is 22.8 Å². The van der Waals surface area contributed by atoms with Crippen molar-refractivity contribution >= 4 is 17.6 Å². The number of aromatic nitrogens is 4. The van der Waals surface area contributed by atoms with Crippen molar-refractivity contribution in [1.29, 1.82) is 0 Å². The average Bonchev–Trinajstić information content (AvgIpc) is 3.34. The van der Waals surface area contributed by atoms with Crippen LogP contribution >= 0.6 is 0 Å². The summed E-state index contributed by atoms with van der Waals surface area (Å²) in [5.74, 6) is -2.18. The lowest BCUT2D eigenvalue weighted by Crippen LogP contribution is -2.55. The van der Waals surface area contributed by atoms with E-state index in [1.165, 1.54) is 4.90 Å². The summed E-state index contributed by atoms with van der Waals surface area (Å²) in [6.07, 6.45) is -2.23. The molecule has 0 saturated heterocycles. The largest absolute Gasteiger partial charge is 0.433 e. The number of alkyl halides is 3. The predicted octanol–water partition coefficient (Wildman–Crippen LogP) is 3.98. The molecule has 2 atom stereocenters. The molecule has 4 aromatic rings. The normalized spacial score (nSPS) is 17.4. The maximum atomic E-state index is 13.8. The van der Waals surface area contributed by atoms with Crippen LogP contribution in [0.5, 0.6) is 0 Å². The average molecular weight is 506 g/mol. The van der Waals surface area contributed by atoms with E-state index in [-0.39, 0.29) is 6.54 Å². The first-order valence-corrected chi connectivity index (χ1v) is 11.5. The number of hydrogen-bond donors (Lipinski definition) is 1. The molecule has 37 heavy (non-hydrogen) atoms. The fourth-order valence-corrected chi connectivity index (χ4v) is 4.51. The van der Waals surface area contributed by atoms with Crippen LogP contribution in [0.3, 0.4) is 0 Å². The Morgan fingerprint density at radius 2 is 1.70 bits per heavy atom. The van der Waals surface area contributed by atoms with Gasteiger partial charge in [0.15, 0.2) is 0 Å². The van der Waals surface area contributed by atoms with Crippen LogP contribution in [-0.4, -0.2) is 44.1 Å². The summed E-state index contributed by atoms with van der Waals surface area (Å²) in [5, 5.41) is 7.15. The van der Waals surface area contributed by atoms with Crippen molar-refractivity contribution in [3.63, 3.8) is 0 Å². The molecule has 1 aliphatic rings. The van der Waals surface area contributed by atoms with E-state index in [1.54, 1.807) is 17.8 Å². The minimum absolute atomic E-state index is 0.276. The van der Waals surface area contributed by atoms with E-state index in [0.29, 0.717) is 17.4 Å². The maximum Gasteiger partial charge on any atom is 0.433 e. The smallest absolute Gasteiger partial charge is 0.337 e. The highest BCUT2D eigenvalue weighted by atomic mass is 19.4. The van der Waals surface area contributed by atoms with Gasteiger partial charge in [-0.1, -0.05) is 48.5 Å². The second-order valence-corrected chi connectivity index (χ2v) is 8.36. The Balaban J connectivity index is 1.60. The number of hydrogen-bond acceptors (Lipinski definition) is 5. The molecule has 0 bridgehead atoms. The fraction of sp³-hybridized carbons (Fsp3) is 0.192. The Morgan fingerprint density at radius 3 is 2.35 bits per heavy atom. The third kappa shape index (κ3) is 4.44. The predicted molar refractivity (Wildman–Crippen MR) is 128 cm³/mol. The van der Waals surface area contributed by atoms with E-state index >= 15 is 0 Å². The van der Waals surface area contributed by atoms with Gasteiger partial charge in [-0.15, -0.1) is 0 Å². The van der Waals surface area contributed by atoms with Gasteiger partial charge in [-0.25, -0.2) is 14.6 Å². The first-order chi connectivity index (χ1) is 17.8. The van der Waals surface area contributed by atoms with Crippen LogP contribution < -0.4 is 10.2 Å². The SMILES string of the molecule is CCN1C(=O)[C@H](NC(=O)c2nccc(C(F)(F)F)n2)[C@H](c2ccccc2)c2cnn(-c3ccccc3)c21. The number of likely N-dealkylation sites (N-methyl/N-ethyl adjacent to an activating group) is 1. The first kappa shape index (κ1) is 24.2. The lowest BCUT2D eigenvalue weighted by atomic mass is 9.82. The molecule has 2 aromatic carbocycles. The van der Waals surface area contributed by atoms with Crippen LogP contribution in [0.2, 0.25) is 0 Å². The van der Waals surface area contributed by atoms with E-state index in [9.17, 15) is 22.8 Å². The summed E-state index contributed by atoms with van der Waals surface area (Å²) < 4.78 is 41.1. The van der Waals surface area contributed by atoms with Crippen LogP contribution in [0.25, 0.3) is 5.69 Å². The molecule has 2 amide bonds. The molecule has 2 aromatic heterocycles. The van der Waals surface area contributed by atoms with Gasteiger partial charge in [-0.05, 0) is 30.7 Å². The lowest BCUT2D eigenvalue weighted by molar-refractivity contribution is -0.141. The van der Waals surface area contributed by atoms with Gasteiger partial charge < -0.3 is 5.32 Å². The molecule has 0 aliphatic carbocycles. The Morgan fingerprint density at radius 1 is 1.03 bits per heavy atom. The number of carbonyl (C=O) groups excluding carboxylic acids is 2. The Bertz CT molecular complexity index is 1440. The van der Waals surface area contributed by atoms with Gasteiger partial charge in [0.05, 0.1) is 11.9 Å². The quantitative estimate of drug-likeness (QED) is 0.442. The molecule has 5 rings (SSSR count). The molecule has 3 heterocycles. The number of amides is 2. The monoisotopic (exact) mass is 506 g/mol. The van der Waals surface area contributed by atoms with Gasteiger partial charge in [-0.2, -0.15) is 18.3 Å². The highest BCUT2D eigenvalue weighted by molar-refractivity contribution is 6.04. The first-order valence-electron chi connectivity index (χ1n) is 11.5. The van der Waals surface area contributed by atoms with Crippen molar-refractivity contribution in [3.8, 4) is 5.69 Å². The minimum atomic E-state index is -4.74. The summed E-state index contributed by atoms with van der Waals surface area (Å²) in [4.78, 5) is 35.5. The van der Waals surface area contributed by atoms with E-state index in [1.807, 2.05) is 60.7 Å². The topological polar surface area (TPSA) is 93.0 Å². The summed E-state index contributed by atoms with van der Waals surface area (Å²) in [6, 6.07) is 17.9. The van der Waals surface area contributed by atoms with Crippen molar-refractivity contribution in [2.45, 2.75) is 25.1 Å². The third-order valence-electron chi connectivity index (χ3n) is 6.14. The van der Waals surface area contributed by atoms with E-state index in [4.69, 9.17) is 0 Å². The molecule has 11 heteroatoms. The number of halogens is 3. The molecule has 0 spiro atoms. The van der Waals surface area contributed by atoms with Gasteiger partial charge >= 0.3 is 6.18 Å². The van der Waals surface area contributed by atoms with Crippen LogP contribution in [0.1, 0.15) is 40.3 Å². The van der Waals surface area contributed by atoms with Crippen LogP contribution in [0, 0.1) is 0 Å². The van der Waals surface area contributed by atoms with Gasteiger partial charge in [0.25, 0.3) is 11.8 Å². The summed E-state index contributed by atoms with van der Waals surface area (Å²) in [7, 11) is 0. The van der Waals surface area contributed by atoms with Crippen LogP contribution in [0.4, 0.5) is 19.0 Å². The van der Waals surface area contributed by atoms with Crippen LogP contribution in [0.15, 0.2) is 79.1 Å². The molecule has 0 fully saturated rings. The fourth-order valence-electron chi connectivity index (χ4n) is 4.51. The molecule has 1 N–H and O–H groups in total. The van der Waals surface area contributed by atoms with E-state index in [0.717, 1.165) is 17.4 Å². The Kier molecular flexibility index (Phi) is 6.20. The summed E-state index contributed by atoms with van der Waals surface area (Å²) >= 11 is 0. The van der Waals surface area contributed by atoms with Crippen molar-refractivity contribution in [1.82, 2.24) is 25.1 Å². The summed E-state index contributed by atoms with van der Waals surface area (Å²) in [5.41, 5.74) is 0.924. The molecule has 0 saturated carbocycles. The second-order valence-electron chi connectivity index (χ2n) is 8.36. The molecule has 188 valence electrons. The summed E-state index contributed by atoms with van der Waals surface area (Å²) in [6.45, 7) is 2.07. The Labute approximate surface area is 209 Å². The molecule has 1 aliphatic heterocycles. The van der Waals surface area contributed by atoms with Gasteiger partial charge in [0.2, 0.25) is 5.82 Å². The van der Waals surface area contributed by atoms with Crippen molar-refractivity contribution in [2.24, 2.45) is 0 Å². The molecule has 0 radical (unpaired) electrons. The van der Waals surface area contributed by atoms with Gasteiger partial charge in [0.1, 0.15) is 17.6 Å². The van der Waals surface area contributed by atoms with Crippen molar-refractivity contribution in [2.75, 3.05) is 11.4 Å². The minimum Gasteiger partial charge on any atom is -0.337 e. The van der Waals surface area contributed by atoms with E-state index in [2.05, 4.69) is 20.4 Å².